The third-order valence-corrected chi connectivity index (χ3v) is 4.23. The van der Waals surface area contributed by atoms with Gasteiger partial charge in [-0.25, -0.2) is 0 Å². The molecule has 0 unspecified atom stereocenters. The van der Waals surface area contributed by atoms with Crippen molar-refractivity contribution < 1.29 is 9.53 Å². The van der Waals surface area contributed by atoms with Crippen LogP contribution in [0.3, 0.4) is 0 Å². The van der Waals surface area contributed by atoms with E-state index in [0.717, 1.165) is 12.0 Å². The molecule has 1 fully saturated rings. The first-order valence-electron chi connectivity index (χ1n) is 7.76. The molecule has 5 heteroatoms. The van der Waals surface area contributed by atoms with Crippen molar-refractivity contribution in [2.24, 2.45) is 13.0 Å². The first-order chi connectivity index (χ1) is 11.1. The summed E-state index contributed by atoms with van der Waals surface area (Å²) in [7, 11) is 1.66. The van der Waals surface area contributed by atoms with Crippen LogP contribution >= 0.6 is 0 Å². The van der Waals surface area contributed by atoms with Crippen molar-refractivity contribution in [1.29, 1.82) is 0 Å². The molecular weight excluding hydrogens is 292 g/mol. The highest BCUT2D eigenvalue weighted by Gasteiger charge is 2.29. The van der Waals surface area contributed by atoms with Crippen LogP contribution in [-0.4, -0.2) is 23.6 Å². The van der Waals surface area contributed by atoms with E-state index in [1.807, 2.05) is 30.3 Å². The topological polar surface area (TPSA) is 60.3 Å². The third kappa shape index (κ3) is 3.51. The number of hydrogen-bond acceptors (Lipinski definition) is 3. The van der Waals surface area contributed by atoms with Crippen molar-refractivity contribution in [1.82, 2.24) is 9.88 Å². The summed E-state index contributed by atoms with van der Waals surface area (Å²) in [5, 5.41) is 2.92. The number of nitrogens with zero attached hydrogens (tertiary/aromatic N) is 1. The lowest BCUT2D eigenvalue weighted by Gasteiger charge is -2.19. The van der Waals surface area contributed by atoms with E-state index in [1.54, 1.807) is 19.3 Å². The van der Waals surface area contributed by atoms with Gasteiger partial charge in [-0.1, -0.05) is 30.3 Å². The fourth-order valence-electron chi connectivity index (χ4n) is 2.87. The van der Waals surface area contributed by atoms with Crippen LogP contribution in [0.15, 0.2) is 53.5 Å². The van der Waals surface area contributed by atoms with E-state index in [1.165, 1.54) is 10.6 Å². The SMILES string of the molecule is Cn1ccc(C(=O)NC[C@H]2CCO[C@@H]2c2ccccc2)cc1=O. The van der Waals surface area contributed by atoms with E-state index in [-0.39, 0.29) is 23.5 Å². The molecule has 0 saturated carbocycles. The largest absolute Gasteiger partial charge is 0.373 e. The van der Waals surface area contributed by atoms with Crippen LogP contribution in [0.25, 0.3) is 0 Å². The lowest BCUT2D eigenvalue weighted by molar-refractivity contribution is 0.0846. The molecule has 1 N–H and O–H groups in total. The van der Waals surface area contributed by atoms with E-state index < -0.39 is 0 Å². The molecular formula is C18H20N2O3. The number of ether oxygens (including phenoxy) is 1. The van der Waals surface area contributed by atoms with Gasteiger partial charge in [0.2, 0.25) is 0 Å². The second kappa shape index (κ2) is 6.79. The van der Waals surface area contributed by atoms with Crippen LogP contribution in [0, 0.1) is 5.92 Å². The predicted octanol–water partition coefficient (Wildman–Crippen LogP) is 1.89. The maximum absolute atomic E-state index is 12.2. The zero-order chi connectivity index (χ0) is 16.2. The standard InChI is InChI=1S/C18H20N2O3/c1-20-9-7-14(11-16(20)21)18(22)19-12-15-8-10-23-17(15)13-5-3-2-4-6-13/h2-7,9,11,15,17H,8,10,12H2,1H3,(H,19,22)/t15-,17-/m1/s1. The molecule has 2 atom stereocenters. The number of amides is 1. The molecule has 0 aliphatic carbocycles. The fourth-order valence-corrected chi connectivity index (χ4v) is 2.87. The summed E-state index contributed by atoms with van der Waals surface area (Å²) < 4.78 is 7.26. The fraction of sp³-hybridized carbons (Fsp3) is 0.333. The molecule has 23 heavy (non-hydrogen) atoms. The van der Waals surface area contributed by atoms with Crippen LogP contribution in [0.5, 0.6) is 0 Å². The minimum absolute atomic E-state index is 0.0140. The number of pyridine rings is 1. The summed E-state index contributed by atoms with van der Waals surface area (Å²) in [6.45, 7) is 1.24. The number of benzene rings is 1. The molecule has 3 rings (SSSR count). The Balaban J connectivity index is 1.64. The molecule has 0 bridgehead atoms. The van der Waals surface area contributed by atoms with Crippen LogP contribution in [-0.2, 0) is 11.8 Å². The van der Waals surface area contributed by atoms with Gasteiger partial charge >= 0.3 is 0 Å². The van der Waals surface area contributed by atoms with Crippen molar-refractivity contribution >= 4 is 5.91 Å². The first-order valence-corrected chi connectivity index (χ1v) is 7.76. The molecule has 1 aliphatic rings. The smallest absolute Gasteiger partial charge is 0.251 e. The summed E-state index contributed by atoms with van der Waals surface area (Å²) in [4.78, 5) is 23.8. The average Bonchev–Trinajstić information content (AvgIpc) is 3.04. The molecule has 2 aromatic rings. The highest BCUT2D eigenvalue weighted by atomic mass is 16.5. The van der Waals surface area contributed by atoms with Crippen molar-refractivity contribution in [3.8, 4) is 0 Å². The maximum atomic E-state index is 12.2. The highest BCUT2D eigenvalue weighted by Crippen LogP contribution is 2.33. The second-order valence-corrected chi connectivity index (χ2v) is 5.83. The van der Waals surface area contributed by atoms with Crippen molar-refractivity contribution in [3.63, 3.8) is 0 Å². The van der Waals surface area contributed by atoms with Gasteiger partial charge in [-0.2, -0.15) is 0 Å². The number of carbonyl (C=O) groups excluding carboxylic acids is 1. The van der Waals surface area contributed by atoms with Crippen LogP contribution in [0.4, 0.5) is 0 Å². The van der Waals surface area contributed by atoms with Gasteiger partial charge in [0.1, 0.15) is 0 Å². The Morgan fingerprint density at radius 3 is 2.83 bits per heavy atom. The zero-order valence-electron chi connectivity index (χ0n) is 13.1. The molecule has 1 saturated heterocycles. The Morgan fingerprint density at radius 1 is 1.30 bits per heavy atom. The van der Waals surface area contributed by atoms with Gasteiger partial charge in [-0.05, 0) is 18.1 Å². The summed E-state index contributed by atoms with van der Waals surface area (Å²) in [6.07, 6.45) is 2.53. The van der Waals surface area contributed by atoms with Gasteiger partial charge < -0.3 is 14.6 Å². The molecule has 0 spiro atoms. The summed E-state index contributed by atoms with van der Waals surface area (Å²) in [5.41, 5.74) is 1.34. The van der Waals surface area contributed by atoms with E-state index in [2.05, 4.69) is 5.32 Å². The van der Waals surface area contributed by atoms with Gasteiger partial charge in [0.05, 0.1) is 6.10 Å². The first kappa shape index (κ1) is 15.5. The third-order valence-electron chi connectivity index (χ3n) is 4.23. The van der Waals surface area contributed by atoms with Gasteiger partial charge in [-0.3, -0.25) is 9.59 Å². The highest BCUT2D eigenvalue weighted by molar-refractivity contribution is 5.93. The van der Waals surface area contributed by atoms with E-state index in [0.29, 0.717) is 18.7 Å². The quantitative estimate of drug-likeness (QED) is 0.938. The monoisotopic (exact) mass is 312 g/mol. The number of hydrogen-bond donors (Lipinski definition) is 1. The molecule has 1 aliphatic heterocycles. The molecule has 1 aromatic carbocycles. The predicted molar refractivity (Wildman–Crippen MR) is 87.3 cm³/mol. The van der Waals surface area contributed by atoms with Crippen LogP contribution in [0.2, 0.25) is 0 Å². The van der Waals surface area contributed by atoms with Gasteiger partial charge in [-0.15, -0.1) is 0 Å². The lowest BCUT2D eigenvalue weighted by Crippen LogP contribution is -2.31. The van der Waals surface area contributed by atoms with Crippen LogP contribution in [0.1, 0.15) is 28.4 Å². The number of aromatic nitrogens is 1. The summed E-state index contributed by atoms with van der Waals surface area (Å²) in [5.74, 6) is 0.0225. The van der Waals surface area contributed by atoms with Gasteiger partial charge in [0.25, 0.3) is 11.5 Å². The molecule has 5 nitrogen and oxygen atoms in total. The van der Waals surface area contributed by atoms with Crippen molar-refractivity contribution in [2.75, 3.05) is 13.2 Å². The normalized spacial score (nSPS) is 20.4. The Hall–Kier alpha value is -2.40. The summed E-state index contributed by atoms with van der Waals surface area (Å²) in [6, 6.07) is 13.1. The molecule has 1 amide bonds. The van der Waals surface area contributed by atoms with E-state index in [4.69, 9.17) is 4.74 Å². The van der Waals surface area contributed by atoms with Crippen molar-refractivity contribution in [2.45, 2.75) is 12.5 Å². The average molecular weight is 312 g/mol. The molecule has 120 valence electrons. The summed E-state index contributed by atoms with van der Waals surface area (Å²) >= 11 is 0. The minimum atomic E-state index is -0.221. The Kier molecular flexibility index (Phi) is 4.57. The minimum Gasteiger partial charge on any atom is -0.373 e. The van der Waals surface area contributed by atoms with Crippen LogP contribution < -0.4 is 10.9 Å². The van der Waals surface area contributed by atoms with Gasteiger partial charge in [0, 0.05) is 43.9 Å². The van der Waals surface area contributed by atoms with Crippen molar-refractivity contribution in [3.05, 3.63) is 70.1 Å². The van der Waals surface area contributed by atoms with E-state index in [9.17, 15) is 9.59 Å². The molecule has 1 aromatic heterocycles. The Morgan fingerprint density at radius 2 is 2.09 bits per heavy atom. The maximum Gasteiger partial charge on any atom is 0.251 e. The van der Waals surface area contributed by atoms with Gasteiger partial charge in [0.15, 0.2) is 0 Å². The Bertz CT molecular complexity index is 739. The number of carbonyl (C=O) groups is 1. The Labute approximate surface area is 134 Å². The second-order valence-electron chi connectivity index (χ2n) is 5.83. The number of aryl methyl sites for hydroxylation is 1. The van der Waals surface area contributed by atoms with E-state index >= 15 is 0 Å². The number of nitrogens with one attached hydrogen (secondary N) is 1. The molecule has 0 radical (unpaired) electrons. The molecule has 2 heterocycles. The number of rotatable bonds is 4. The zero-order valence-corrected chi connectivity index (χ0v) is 13.1. The lowest BCUT2D eigenvalue weighted by atomic mass is 9.95.